The van der Waals surface area contributed by atoms with E-state index in [-0.39, 0.29) is 0 Å². The average molecular weight is 375 g/mol. The van der Waals surface area contributed by atoms with Crippen molar-refractivity contribution in [2.45, 2.75) is 64.5 Å². The molecule has 0 saturated heterocycles. The highest BCUT2D eigenvalue weighted by Crippen LogP contribution is 2.41. The number of aryl methyl sites for hydroxylation is 1. The van der Waals surface area contributed by atoms with E-state index in [2.05, 4.69) is 47.8 Å². The molecule has 0 aromatic carbocycles. The second-order valence-electron chi connectivity index (χ2n) is 6.47. The van der Waals surface area contributed by atoms with Crippen LogP contribution >= 0.6 is 33.9 Å². The Balaban J connectivity index is 1.78. The smallest absolute Gasteiger partial charge is 0.0659 e. The van der Waals surface area contributed by atoms with Crippen molar-refractivity contribution in [3.05, 3.63) is 19.4 Å². The first-order chi connectivity index (χ1) is 8.56. The molecule has 1 N–H and O–H groups in total. The van der Waals surface area contributed by atoms with Gasteiger partial charge in [-0.25, -0.2) is 0 Å². The van der Waals surface area contributed by atoms with E-state index in [1.807, 2.05) is 11.3 Å². The molecule has 0 radical (unpaired) electrons. The van der Waals surface area contributed by atoms with Crippen LogP contribution in [-0.4, -0.2) is 6.04 Å². The third-order valence-electron chi connectivity index (χ3n) is 4.74. The maximum absolute atomic E-state index is 3.98. The van der Waals surface area contributed by atoms with Gasteiger partial charge in [0.25, 0.3) is 0 Å². The minimum absolute atomic E-state index is 0.487. The normalized spacial score (nSPS) is 30.4. The Kier molecular flexibility index (Phi) is 3.76. The molecule has 2 aliphatic carbocycles. The van der Waals surface area contributed by atoms with Crippen LogP contribution in [-0.2, 0) is 6.42 Å². The molecular weight excluding hydrogens is 353 g/mol. The molecule has 18 heavy (non-hydrogen) atoms. The Morgan fingerprint density at radius 3 is 2.89 bits per heavy atom. The van der Waals surface area contributed by atoms with Gasteiger partial charge in [0, 0.05) is 17.0 Å². The number of hydrogen-bond acceptors (Lipinski definition) is 2. The van der Waals surface area contributed by atoms with E-state index < -0.39 is 0 Å². The van der Waals surface area contributed by atoms with Crippen LogP contribution in [0.15, 0.2) is 6.07 Å². The van der Waals surface area contributed by atoms with E-state index in [9.17, 15) is 0 Å². The number of rotatable bonds is 2. The number of halogens is 1. The Hall–Kier alpha value is 0.390. The predicted octanol–water partition coefficient (Wildman–Crippen LogP) is 4.90. The first kappa shape index (κ1) is 13.4. The summed E-state index contributed by atoms with van der Waals surface area (Å²) in [5.41, 5.74) is 2.10. The van der Waals surface area contributed by atoms with Crippen LogP contribution in [0.4, 0.5) is 0 Å². The molecule has 1 nitrogen and oxygen atoms in total. The molecule has 1 heterocycles. The SMILES string of the molecule is CC1(C)CCCC1NC1CCCc2sc(I)cc21. The van der Waals surface area contributed by atoms with Gasteiger partial charge in [-0.15, -0.1) is 11.3 Å². The van der Waals surface area contributed by atoms with Crippen molar-refractivity contribution in [3.8, 4) is 0 Å². The molecule has 0 bridgehead atoms. The monoisotopic (exact) mass is 375 g/mol. The molecule has 1 saturated carbocycles. The highest BCUT2D eigenvalue weighted by Gasteiger charge is 2.36. The Morgan fingerprint density at radius 2 is 2.17 bits per heavy atom. The van der Waals surface area contributed by atoms with Crippen LogP contribution in [0.5, 0.6) is 0 Å². The molecule has 0 amide bonds. The summed E-state index contributed by atoms with van der Waals surface area (Å²) in [7, 11) is 0. The molecule has 1 fully saturated rings. The molecule has 2 atom stereocenters. The molecule has 1 aromatic heterocycles. The summed E-state index contributed by atoms with van der Waals surface area (Å²) in [4.78, 5) is 1.64. The van der Waals surface area contributed by atoms with Gasteiger partial charge < -0.3 is 5.32 Å². The molecule has 2 unspecified atom stereocenters. The maximum Gasteiger partial charge on any atom is 0.0659 e. The fourth-order valence-electron chi connectivity index (χ4n) is 3.57. The number of thiophene rings is 1. The van der Waals surface area contributed by atoms with Gasteiger partial charge in [0.15, 0.2) is 0 Å². The minimum atomic E-state index is 0.487. The van der Waals surface area contributed by atoms with Gasteiger partial charge in [0.05, 0.1) is 2.88 Å². The molecule has 3 heteroatoms. The largest absolute Gasteiger partial charge is 0.307 e. The van der Waals surface area contributed by atoms with Crippen molar-refractivity contribution in [3.63, 3.8) is 0 Å². The summed E-state index contributed by atoms with van der Waals surface area (Å²) in [6, 6.07) is 3.75. The zero-order valence-electron chi connectivity index (χ0n) is 11.3. The summed E-state index contributed by atoms with van der Waals surface area (Å²) in [5.74, 6) is 0. The molecule has 0 spiro atoms. The topological polar surface area (TPSA) is 12.0 Å². The van der Waals surface area contributed by atoms with Gasteiger partial charge in [0.2, 0.25) is 0 Å². The number of nitrogens with one attached hydrogen (secondary N) is 1. The van der Waals surface area contributed by atoms with Gasteiger partial charge in [-0.2, -0.15) is 0 Å². The minimum Gasteiger partial charge on any atom is -0.307 e. The lowest BCUT2D eigenvalue weighted by Gasteiger charge is -2.34. The second-order valence-corrected chi connectivity index (χ2v) is 9.50. The second kappa shape index (κ2) is 5.06. The van der Waals surface area contributed by atoms with Crippen molar-refractivity contribution < 1.29 is 0 Å². The van der Waals surface area contributed by atoms with E-state index in [1.165, 1.54) is 41.4 Å². The number of hydrogen-bond donors (Lipinski definition) is 1. The van der Waals surface area contributed by atoms with Crippen LogP contribution in [0.2, 0.25) is 0 Å². The van der Waals surface area contributed by atoms with Gasteiger partial charge >= 0.3 is 0 Å². The third-order valence-corrected chi connectivity index (χ3v) is 6.71. The van der Waals surface area contributed by atoms with Crippen molar-refractivity contribution in [2.75, 3.05) is 0 Å². The van der Waals surface area contributed by atoms with Crippen LogP contribution in [0, 0.1) is 8.30 Å². The van der Waals surface area contributed by atoms with E-state index >= 15 is 0 Å². The van der Waals surface area contributed by atoms with Crippen LogP contribution in [0.3, 0.4) is 0 Å². The standard InChI is InChI=1S/C15H22INS/c1-15(2)8-4-7-13(15)17-11-5-3-6-12-10(11)9-14(16)18-12/h9,11,13,17H,3-8H2,1-2H3. The van der Waals surface area contributed by atoms with E-state index in [0.29, 0.717) is 17.5 Å². The lowest BCUT2D eigenvalue weighted by molar-refractivity contribution is 0.253. The van der Waals surface area contributed by atoms with Crippen LogP contribution in [0.25, 0.3) is 0 Å². The summed E-state index contributed by atoms with van der Waals surface area (Å²) in [6.45, 7) is 4.86. The molecule has 3 rings (SSSR count). The van der Waals surface area contributed by atoms with Gasteiger partial charge in [-0.1, -0.05) is 20.3 Å². The van der Waals surface area contributed by atoms with E-state index in [4.69, 9.17) is 0 Å². The van der Waals surface area contributed by atoms with Crippen molar-refractivity contribution >= 4 is 33.9 Å². The van der Waals surface area contributed by atoms with Crippen molar-refractivity contribution in [2.24, 2.45) is 5.41 Å². The fraction of sp³-hybridized carbons (Fsp3) is 0.733. The highest BCUT2D eigenvalue weighted by atomic mass is 127. The average Bonchev–Trinajstić information content (AvgIpc) is 2.82. The molecule has 100 valence electrons. The Morgan fingerprint density at radius 1 is 1.33 bits per heavy atom. The van der Waals surface area contributed by atoms with Crippen LogP contribution < -0.4 is 5.32 Å². The molecule has 2 aliphatic rings. The first-order valence-electron chi connectivity index (χ1n) is 7.10. The highest BCUT2D eigenvalue weighted by molar-refractivity contribution is 14.1. The fourth-order valence-corrected chi connectivity index (χ4v) is 5.69. The maximum atomic E-state index is 3.98. The Labute approximate surface area is 128 Å². The summed E-state index contributed by atoms with van der Waals surface area (Å²) < 4.78 is 1.46. The summed E-state index contributed by atoms with van der Waals surface area (Å²) in [6.07, 6.45) is 8.12. The predicted molar refractivity (Wildman–Crippen MR) is 87.3 cm³/mol. The van der Waals surface area contributed by atoms with Gasteiger partial charge in [-0.3, -0.25) is 0 Å². The lowest BCUT2D eigenvalue weighted by Crippen LogP contribution is -2.40. The molecule has 1 aromatic rings. The summed E-state index contributed by atoms with van der Waals surface area (Å²) >= 11 is 4.47. The zero-order valence-corrected chi connectivity index (χ0v) is 14.2. The molecular formula is C15H22INS. The first-order valence-corrected chi connectivity index (χ1v) is 9.00. The number of fused-ring (bicyclic) bond motifs is 1. The van der Waals surface area contributed by atoms with E-state index in [0.717, 1.165) is 0 Å². The molecule has 0 aliphatic heterocycles. The van der Waals surface area contributed by atoms with E-state index in [1.54, 1.807) is 10.4 Å². The van der Waals surface area contributed by atoms with Gasteiger partial charge in [-0.05, 0) is 71.7 Å². The van der Waals surface area contributed by atoms with Gasteiger partial charge in [0.1, 0.15) is 0 Å². The lowest BCUT2D eigenvalue weighted by atomic mass is 9.85. The third kappa shape index (κ3) is 2.50. The summed E-state index contributed by atoms with van der Waals surface area (Å²) in [5, 5.41) is 3.98. The quantitative estimate of drug-likeness (QED) is 0.726. The Bertz CT molecular complexity index is 438. The zero-order chi connectivity index (χ0) is 12.8. The van der Waals surface area contributed by atoms with Crippen LogP contribution in [0.1, 0.15) is 62.4 Å². The van der Waals surface area contributed by atoms with Crippen molar-refractivity contribution in [1.82, 2.24) is 5.32 Å². The van der Waals surface area contributed by atoms with Crippen molar-refractivity contribution in [1.29, 1.82) is 0 Å².